The molecule has 1 atom stereocenters. The monoisotopic (exact) mass is 309 g/mol. The molecule has 2 aromatic heterocycles. The fourth-order valence-electron chi connectivity index (χ4n) is 1.85. The molecule has 5 N–H and O–H groups in total. The van der Waals surface area contributed by atoms with Gasteiger partial charge in [-0.3, -0.25) is 14.6 Å². The number of hydrogen-bond donors (Lipinski definition) is 4. The molecule has 0 radical (unpaired) electrons. The van der Waals surface area contributed by atoms with Crippen LogP contribution in [0.4, 0.5) is 5.95 Å². The smallest absolute Gasteiger partial charge is 0.338 e. The van der Waals surface area contributed by atoms with Crippen molar-refractivity contribution in [1.29, 1.82) is 0 Å². The Hall–Kier alpha value is -2.75. The average molecular weight is 309 g/mol. The van der Waals surface area contributed by atoms with Gasteiger partial charge in [-0.25, -0.2) is 9.78 Å². The molecule has 2 aromatic rings. The minimum atomic E-state index is -1.95. The van der Waals surface area contributed by atoms with E-state index in [0.717, 1.165) is 0 Å². The van der Waals surface area contributed by atoms with Crippen molar-refractivity contribution in [3.05, 3.63) is 26.4 Å². The van der Waals surface area contributed by atoms with Gasteiger partial charge in [-0.15, -0.1) is 0 Å². The largest absolute Gasteiger partial charge is 0.464 e. The SMILES string of the molecule is CCOC(=O)C(C)(O)Cc1nc2c(=O)[nH]c(N)nc2[nH]c1=O. The number of nitrogens with one attached hydrogen (secondary N) is 2. The Kier molecular flexibility index (Phi) is 3.95. The molecule has 0 aromatic carbocycles. The van der Waals surface area contributed by atoms with E-state index in [0.29, 0.717) is 0 Å². The molecule has 0 aliphatic rings. The van der Waals surface area contributed by atoms with Gasteiger partial charge in [0.15, 0.2) is 16.8 Å². The molecule has 118 valence electrons. The second-order valence-electron chi connectivity index (χ2n) is 4.83. The van der Waals surface area contributed by atoms with E-state index in [4.69, 9.17) is 10.5 Å². The van der Waals surface area contributed by atoms with Gasteiger partial charge in [0.05, 0.1) is 6.61 Å². The van der Waals surface area contributed by atoms with Gasteiger partial charge in [-0.2, -0.15) is 4.98 Å². The Bertz CT molecular complexity index is 838. The van der Waals surface area contributed by atoms with Crippen LogP contribution in [0, 0.1) is 0 Å². The molecule has 0 spiro atoms. The molecule has 0 amide bonds. The number of fused-ring (bicyclic) bond motifs is 1. The van der Waals surface area contributed by atoms with Crippen LogP contribution in [0.2, 0.25) is 0 Å². The molecular formula is C12H15N5O5. The Morgan fingerprint density at radius 3 is 2.64 bits per heavy atom. The van der Waals surface area contributed by atoms with E-state index in [1.165, 1.54) is 6.92 Å². The average Bonchev–Trinajstić information content (AvgIpc) is 2.40. The summed E-state index contributed by atoms with van der Waals surface area (Å²) < 4.78 is 4.72. The van der Waals surface area contributed by atoms with Gasteiger partial charge in [0.25, 0.3) is 11.1 Å². The topological polar surface area (TPSA) is 164 Å². The van der Waals surface area contributed by atoms with E-state index in [2.05, 4.69) is 19.9 Å². The predicted octanol–water partition coefficient (Wildman–Crippen LogP) is -1.55. The fraction of sp³-hybridized carbons (Fsp3) is 0.417. The number of carbonyl (C=O) groups is 1. The Morgan fingerprint density at radius 2 is 2.00 bits per heavy atom. The third-order valence-electron chi connectivity index (χ3n) is 2.88. The van der Waals surface area contributed by atoms with E-state index in [-0.39, 0.29) is 29.4 Å². The maximum absolute atomic E-state index is 11.9. The number of hydrogen-bond acceptors (Lipinski definition) is 8. The lowest BCUT2D eigenvalue weighted by Gasteiger charge is -2.20. The van der Waals surface area contributed by atoms with E-state index < -0.39 is 29.1 Å². The number of nitrogen functional groups attached to an aromatic ring is 1. The first kappa shape index (κ1) is 15.6. The standard InChI is InChI=1S/C12H15N5O5/c1-3-22-10(20)12(2,21)4-5-8(18)15-7-6(14-5)9(19)17-11(13)16-7/h21H,3-4H2,1-2H3,(H4,13,15,16,17,18,19). The number of ether oxygens (including phenoxy) is 1. The highest BCUT2D eigenvalue weighted by molar-refractivity contribution is 5.79. The quantitative estimate of drug-likeness (QED) is 0.493. The van der Waals surface area contributed by atoms with Crippen molar-refractivity contribution in [3.8, 4) is 0 Å². The highest BCUT2D eigenvalue weighted by Crippen LogP contribution is 2.12. The lowest BCUT2D eigenvalue weighted by molar-refractivity contribution is -0.163. The maximum Gasteiger partial charge on any atom is 0.338 e. The van der Waals surface area contributed by atoms with Crippen LogP contribution in [0.15, 0.2) is 9.59 Å². The number of nitrogens with two attached hydrogens (primary N) is 1. The summed E-state index contributed by atoms with van der Waals surface area (Å²) in [5.41, 5.74) is 1.68. The molecule has 10 heteroatoms. The summed E-state index contributed by atoms with van der Waals surface area (Å²) in [6.45, 7) is 2.87. The molecular weight excluding hydrogens is 294 g/mol. The summed E-state index contributed by atoms with van der Waals surface area (Å²) in [4.78, 5) is 47.5. The van der Waals surface area contributed by atoms with E-state index >= 15 is 0 Å². The highest BCUT2D eigenvalue weighted by atomic mass is 16.5. The van der Waals surface area contributed by atoms with Crippen molar-refractivity contribution in [3.63, 3.8) is 0 Å². The molecule has 0 bridgehead atoms. The summed E-state index contributed by atoms with van der Waals surface area (Å²) in [6, 6.07) is 0. The highest BCUT2D eigenvalue weighted by Gasteiger charge is 2.34. The summed E-state index contributed by atoms with van der Waals surface area (Å²) in [5.74, 6) is -1.05. The van der Waals surface area contributed by atoms with Crippen molar-refractivity contribution in [1.82, 2.24) is 19.9 Å². The van der Waals surface area contributed by atoms with Crippen molar-refractivity contribution in [2.45, 2.75) is 25.9 Å². The van der Waals surface area contributed by atoms with Crippen LogP contribution >= 0.6 is 0 Å². The van der Waals surface area contributed by atoms with Crippen LogP contribution in [0.25, 0.3) is 11.2 Å². The molecule has 0 fully saturated rings. The predicted molar refractivity (Wildman–Crippen MR) is 76.2 cm³/mol. The van der Waals surface area contributed by atoms with Crippen molar-refractivity contribution >= 4 is 23.1 Å². The van der Waals surface area contributed by atoms with Crippen LogP contribution in [-0.4, -0.2) is 43.2 Å². The minimum Gasteiger partial charge on any atom is -0.464 e. The normalized spacial score (nSPS) is 13.8. The molecule has 2 rings (SSSR count). The zero-order chi connectivity index (χ0) is 16.5. The van der Waals surface area contributed by atoms with E-state index in [1.54, 1.807) is 6.92 Å². The van der Waals surface area contributed by atoms with Gasteiger partial charge in [-0.1, -0.05) is 0 Å². The van der Waals surface area contributed by atoms with Gasteiger partial charge in [0.2, 0.25) is 5.95 Å². The number of rotatable bonds is 4. The van der Waals surface area contributed by atoms with Crippen LogP contribution in [0.5, 0.6) is 0 Å². The van der Waals surface area contributed by atoms with Gasteiger partial charge in [0.1, 0.15) is 5.69 Å². The van der Waals surface area contributed by atoms with Crippen LogP contribution < -0.4 is 16.9 Å². The number of esters is 1. The van der Waals surface area contributed by atoms with Crippen LogP contribution in [0.3, 0.4) is 0 Å². The molecule has 0 aliphatic carbocycles. The van der Waals surface area contributed by atoms with Crippen LogP contribution in [0.1, 0.15) is 19.5 Å². The second-order valence-corrected chi connectivity index (χ2v) is 4.83. The van der Waals surface area contributed by atoms with Gasteiger partial charge < -0.3 is 20.6 Å². The lowest BCUT2D eigenvalue weighted by atomic mass is 10.0. The van der Waals surface area contributed by atoms with Crippen molar-refractivity contribution < 1.29 is 14.6 Å². The molecule has 22 heavy (non-hydrogen) atoms. The molecule has 0 aliphatic heterocycles. The summed E-state index contributed by atoms with van der Waals surface area (Å²) >= 11 is 0. The number of anilines is 1. The lowest BCUT2D eigenvalue weighted by Crippen LogP contribution is -2.41. The Labute approximate surface area is 123 Å². The minimum absolute atomic E-state index is 0.0780. The van der Waals surface area contributed by atoms with Gasteiger partial charge in [-0.05, 0) is 13.8 Å². The molecule has 0 saturated carbocycles. The fourth-order valence-corrected chi connectivity index (χ4v) is 1.85. The Balaban J connectivity index is 2.49. The van der Waals surface area contributed by atoms with Crippen LogP contribution in [-0.2, 0) is 16.0 Å². The second kappa shape index (κ2) is 5.56. The third-order valence-corrected chi connectivity index (χ3v) is 2.88. The first-order chi connectivity index (χ1) is 10.2. The first-order valence-corrected chi connectivity index (χ1v) is 6.43. The number of aliphatic hydroxyl groups is 1. The number of aromatic amines is 2. The Morgan fingerprint density at radius 1 is 1.32 bits per heavy atom. The molecule has 1 unspecified atom stereocenters. The van der Waals surface area contributed by atoms with Crippen molar-refractivity contribution in [2.75, 3.05) is 12.3 Å². The number of carbonyl (C=O) groups excluding carboxylic acids is 1. The number of H-pyrrole nitrogens is 2. The first-order valence-electron chi connectivity index (χ1n) is 6.43. The van der Waals surface area contributed by atoms with Gasteiger partial charge >= 0.3 is 5.97 Å². The molecule has 0 saturated heterocycles. The van der Waals surface area contributed by atoms with E-state index in [9.17, 15) is 19.5 Å². The number of aromatic nitrogens is 4. The summed E-state index contributed by atoms with van der Waals surface area (Å²) in [5, 5.41) is 10.1. The molecule has 2 heterocycles. The zero-order valence-corrected chi connectivity index (χ0v) is 12.0. The third kappa shape index (κ3) is 2.96. The summed E-state index contributed by atoms with van der Waals surface area (Å²) in [7, 11) is 0. The van der Waals surface area contributed by atoms with Crippen molar-refractivity contribution in [2.24, 2.45) is 0 Å². The number of nitrogens with zero attached hydrogens (tertiary/aromatic N) is 2. The zero-order valence-electron chi connectivity index (χ0n) is 12.0. The molecule has 10 nitrogen and oxygen atoms in total. The van der Waals surface area contributed by atoms with E-state index in [1.807, 2.05) is 0 Å². The maximum atomic E-state index is 11.9. The summed E-state index contributed by atoms with van der Waals surface area (Å²) in [6.07, 6.45) is -0.416. The van der Waals surface area contributed by atoms with Gasteiger partial charge in [0, 0.05) is 6.42 Å².